The molecule has 1 aromatic heterocycles. The zero-order valence-corrected chi connectivity index (χ0v) is 20.0. The van der Waals surface area contributed by atoms with Crippen molar-refractivity contribution < 1.29 is 27.4 Å². The fourth-order valence-electron chi connectivity index (χ4n) is 3.14. The molecule has 0 bridgehead atoms. The van der Waals surface area contributed by atoms with Crippen molar-refractivity contribution in [3.8, 4) is 11.5 Å². The maximum Gasteiger partial charge on any atom is 0.234 e. The SMILES string of the molecule is COc1ccccc1OC(C)c1nnc(SCC(=O)Nc2ccc(F)c(F)c2F)n1CC(C)C. The molecule has 0 aliphatic rings. The van der Waals surface area contributed by atoms with Crippen LogP contribution in [0.1, 0.15) is 32.7 Å². The zero-order valence-electron chi connectivity index (χ0n) is 19.1. The van der Waals surface area contributed by atoms with Crippen molar-refractivity contribution in [2.24, 2.45) is 5.92 Å². The quantitative estimate of drug-likeness (QED) is 0.307. The van der Waals surface area contributed by atoms with Gasteiger partial charge in [0.25, 0.3) is 0 Å². The van der Waals surface area contributed by atoms with Gasteiger partial charge in [0, 0.05) is 6.54 Å². The summed E-state index contributed by atoms with van der Waals surface area (Å²) in [7, 11) is 1.56. The van der Waals surface area contributed by atoms with Gasteiger partial charge in [0.2, 0.25) is 5.91 Å². The van der Waals surface area contributed by atoms with E-state index in [1.54, 1.807) is 19.2 Å². The summed E-state index contributed by atoms with van der Waals surface area (Å²) in [4.78, 5) is 12.3. The van der Waals surface area contributed by atoms with Crippen molar-refractivity contribution in [1.82, 2.24) is 14.8 Å². The molecule has 1 amide bonds. The standard InChI is InChI=1S/C23H25F3N4O3S/c1-13(2)11-30-22(14(3)33-18-8-6-5-7-17(18)32-4)28-29-23(30)34-12-19(31)27-16-10-9-15(24)20(25)21(16)26/h5-10,13-14H,11-12H2,1-4H3,(H,27,31). The molecule has 182 valence electrons. The van der Waals surface area contributed by atoms with E-state index >= 15 is 0 Å². The Labute approximate surface area is 199 Å². The van der Waals surface area contributed by atoms with Crippen LogP contribution in [0.15, 0.2) is 41.6 Å². The van der Waals surface area contributed by atoms with Crippen molar-refractivity contribution in [1.29, 1.82) is 0 Å². The average Bonchev–Trinajstić information content (AvgIpc) is 3.20. The van der Waals surface area contributed by atoms with Crippen LogP contribution in [0, 0.1) is 23.4 Å². The fraction of sp³-hybridized carbons (Fsp3) is 0.348. The zero-order chi connectivity index (χ0) is 24.8. The number of carbonyl (C=O) groups is 1. The highest BCUT2D eigenvalue weighted by molar-refractivity contribution is 7.99. The van der Waals surface area contributed by atoms with Gasteiger partial charge in [-0.25, -0.2) is 13.2 Å². The first kappa shape index (κ1) is 25.4. The molecule has 1 heterocycles. The van der Waals surface area contributed by atoms with Crippen LogP contribution < -0.4 is 14.8 Å². The lowest BCUT2D eigenvalue weighted by Gasteiger charge is -2.19. The first-order chi connectivity index (χ1) is 16.2. The highest BCUT2D eigenvalue weighted by atomic mass is 32.2. The highest BCUT2D eigenvalue weighted by Gasteiger charge is 2.22. The predicted octanol–water partition coefficient (Wildman–Crippen LogP) is 5.23. The number of para-hydroxylation sites is 2. The van der Waals surface area contributed by atoms with Crippen LogP contribution in [0.5, 0.6) is 11.5 Å². The first-order valence-corrected chi connectivity index (χ1v) is 11.5. The molecule has 2 aromatic carbocycles. The summed E-state index contributed by atoms with van der Waals surface area (Å²) < 4.78 is 53.6. The Morgan fingerprint density at radius 2 is 1.76 bits per heavy atom. The minimum absolute atomic E-state index is 0.142. The van der Waals surface area contributed by atoms with E-state index in [2.05, 4.69) is 15.5 Å². The molecule has 0 spiro atoms. The summed E-state index contributed by atoms with van der Waals surface area (Å²) in [5.74, 6) is -3.22. The smallest absolute Gasteiger partial charge is 0.234 e. The van der Waals surface area contributed by atoms with Gasteiger partial charge in [-0.2, -0.15) is 0 Å². The van der Waals surface area contributed by atoms with E-state index < -0.39 is 35.2 Å². The van der Waals surface area contributed by atoms with E-state index in [9.17, 15) is 18.0 Å². The Kier molecular flexibility index (Phi) is 8.43. The van der Waals surface area contributed by atoms with Crippen LogP contribution in [-0.2, 0) is 11.3 Å². The number of carbonyl (C=O) groups excluding carboxylic acids is 1. The molecular weight excluding hydrogens is 469 g/mol. The molecule has 3 rings (SSSR count). The number of aromatic nitrogens is 3. The van der Waals surface area contributed by atoms with Crippen LogP contribution >= 0.6 is 11.8 Å². The Bertz CT molecular complexity index is 1160. The summed E-state index contributed by atoms with van der Waals surface area (Å²) >= 11 is 1.09. The molecule has 0 fully saturated rings. The largest absolute Gasteiger partial charge is 0.493 e. The van der Waals surface area contributed by atoms with Gasteiger partial charge in [-0.3, -0.25) is 4.79 Å². The molecule has 0 radical (unpaired) electrons. The van der Waals surface area contributed by atoms with Crippen molar-refractivity contribution in [2.75, 3.05) is 18.2 Å². The van der Waals surface area contributed by atoms with Gasteiger partial charge in [-0.05, 0) is 37.1 Å². The summed E-state index contributed by atoms with van der Waals surface area (Å²) in [5, 5.41) is 11.2. The van der Waals surface area contributed by atoms with Crippen molar-refractivity contribution in [3.63, 3.8) is 0 Å². The summed E-state index contributed by atoms with van der Waals surface area (Å²) in [5.41, 5.74) is -0.437. The number of hydrogen-bond acceptors (Lipinski definition) is 6. The number of benzene rings is 2. The van der Waals surface area contributed by atoms with E-state index in [0.29, 0.717) is 29.0 Å². The van der Waals surface area contributed by atoms with Crippen molar-refractivity contribution in [3.05, 3.63) is 59.7 Å². The normalized spacial score (nSPS) is 12.0. The second-order valence-electron chi connectivity index (χ2n) is 7.82. The van der Waals surface area contributed by atoms with Crippen molar-refractivity contribution in [2.45, 2.75) is 38.6 Å². The van der Waals surface area contributed by atoms with Gasteiger partial charge in [0.05, 0.1) is 18.6 Å². The number of ether oxygens (including phenoxy) is 2. The third-order valence-corrected chi connectivity index (χ3v) is 5.64. The lowest BCUT2D eigenvalue weighted by atomic mass is 10.2. The maximum absolute atomic E-state index is 13.8. The number of halogens is 3. The Morgan fingerprint density at radius 1 is 1.06 bits per heavy atom. The van der Waals surface area contributed by atoms with E-state index in [4.69, 9.17) is 9.47 Å². The van der Waals surface area contributed by atoms with Crippen LogP contribution in [0.25, 0.3) is 0 Å². The van der Waals surface area contributed by atoms with Gasteiger partial charge in [0.15, 0.2) is 46.0 Å². The van der Waals surface area contributed by atoms with E-state index in [1.165, 1.54) is 0 Å². The fourth-order valence-corrected chi connectivity index (χ4v) is 3.90. The van der Waals surface area contributed by atoms with Crippen LogP contribution in [0.3, 0.4) is 0 Å². The molecule has 7 nitrogen and oxygen atoms in total. The van der Waals surface area contributed by atoms with Crippen LogP contribution in [0.2, 0.25) is 0 Å². The Morgan fingerprint density at radius 3 is 2.44 bits per heavy atom. The number of nitrogens with one attached hydrogen (secondary N) is 1. The summed E-state index contributed by atoms with van der Waals surface area (Å²) in [6, 6.07) is 8.96. The van der Waals surface area contributed by atoms with Gasteiger partial charge in [-0.15, -0.1) is 10.2 Å². The number of rotatable bonds is 10. The molecule has 3 aromatic rings. The minimum Gasteiger partial charge on any atom is -0.493 e. The number of hydrogen-bond donors (Lipinski definition) is 1. The highest BCUT2D eigenvalue weighted by Crippen LogP contribution is 2.31. The molecule has 0 aliphatic heterocycles. The number of thioether (sulfide) groups is 1. The second-order valence-corrected chi connectivity index (χ2v) is 8.76. The number of amides is 1. The topological polar surface area (TPSA) is 78.3 Å². The second kappa shape index (κ2) is 11.3. The molecule has 0 saturated heterocycles. The Hall–Kier alpha value is -3.21. The lowest BCUT2D eigenvalue weighted by Crippen LogP contribution is -2.18. The van der Waals surface area contributed by atoms with E-state index in [-0.39, 0.29) is 11.7 Å². The summed E-state index contributed by atoms with van der Waals surface area (Å²) in [6.45, 7) is 6.47. The third-order valence-electron chi connectivity index (χ3n) is 4.67. The lowest BCUT2D eigenvalue weighted by molar-refractivity contribution is -0.113. The monoisotopic (exact) mass is 494 g/mol. The first-order valence-electron chi connectivity index (χ1n) is 10.5. The van der Waals surface area contributed by atoms with Crippen LogP contribution in [-0.4, -0.2) is 33.5 Å². The average molecular weight is 495 g/mol. The Balaban J connectivity index is 1.73. The maximum atomic E-state index is 13.8. The molecule has 0 saturated carbocycles. The van der Waals surface area contributed by atoms with Crippen LogP contribution in [0.4, 0.5) is 18.9 Å². The molecule has 1 atom stereocenters. The van der Waals surface area contributed by atoms with Gasteiger partial charge >= 0.3 is 0 Å². The predicted molar refractivity (Wildman–Crippen MR) is 123 cm³/mol. The van der Waals surface area contributed by atoms with Crippen molar-refractivity contribution >= 4 is 23.4 Å². The molecule has 1 N–H and O–H groups in total. The molecule has 1 unspecified atom stereocenters. The molecule has 34 heavy (non-hydrogen) atoms. The summed E-state index contributed by atoms with van der Waals surface area (Å²) in [6.07, 6.45) is -0.470. The van der Waals surface area contributed by atoms with E-state index in [1.807, 2.05) is 37.5 Å². The third kappa shape index (κ3) is 6.02. The molecular formula is C23H25F3N4O3S. The molecule has 0 aliphatic carbocycles. The number of nitrogens with zero attached hydrogens (tertiary/aromatic N) is 3. The van der Waals surface area contributed by atoms with Gasteiger partial charge in [-0.1, -0.05) is 37.7 Å². The van der Waals surface area contributed by atoms with Gasteiger partial charge < -0.3 is 19.4 Å². The van der Waals surface area contributed by atoms with E-state index in [0.717, 1.165) is 23.9 Å². The number of methoxy groups -OCH3 is 1. The molecule has 11 heteroatoms. The number of anilines is 1. The van der Waals surface area contributed by atoms with Gasteiger partial charge in [0.1, 0.15) is 0 Å². The minimum atomic E-state index is -1.64.